The van der Waals surface area contributed by atoms with Gasteiger partial charge in [-0.05, 0) is 30.3 Å². The predicted molar refractivity (Wildman–Crippen MR) is 73.6 cm³/mol. The molecule has 0 amide bonds. The van der Waals surface area contributed by atoms with Crippen LogP contribution in [0.5, 0.6) is 0 Å². The molecule has 0 radical (unpaired) electrons. The second kappa shape index (κ2) is 5.54. The van der Waals surface area contributed by atoms with E-state index in [1.807, 2.05) is 6.07 Å². The van der Waals surface area contributed by atoms with Crippen LogP contribution in [0.25, 0.3) is 0 Å². The normalized spacial score (nSPS) is 11.1. The highest BCUT2D eigenvalue weighted by Gasteiger charge is 2.13. The van der Waals surface area contributed by atoms with Crippen LogP contribution in [0.2, 0.25) is 5.02 Å². The van der Waals surface area contributed by atoms with Crippen LogP contribution in [0, 0.1) is 11.3 Å². The Bertz CT molecular complexity index is 777. The summed E-state index contributed by atoms with van der Waals surface area (Å²) in [6, 6.07) is 9.65. The number of benzene rings is 1. The number of nitriles is 1. The molecule has 0 bridgehead atoms. The molecule has 6 nitrogen and oxygen atoms in total. The van der Waals surface area contributed by atoms with Gasteiger partial charge < -0.3 is 9.73 Å². The van der Waals surface area contributed by atoms with Gasteiger partial charge in [0.25, 0.3) is 10.0 Å². The molecule has 3 N–H and O–H groups in total. The van der Waals surface area contributed by atoms with Crippen molar-refractivity contribution in [3.05, 3.63) is 46.7 Å². The SMILES string of the molecule is N#Cc1cc(NCc2ccc(S(N)(=O)=O)o2)ccc1Cl. The van der Waals surface area contributed by atoms with Crippen LogP contribution in [0.4, 0.5) is 5.69 Å². The van der Waals surface area contributed by atoms with E-state index in [9.17, 15) is 8.42 Å². The number of primary sulfonamides is 1. The smallest absolute Gasteiger partial charge is 0.271 e. The fourth-order valence-electron chi connectivity index (χ4n) is 1.52. The van der Waals surface area contributed by atoms with Gasteiger partial charge in [-0.25, -0.2) is 13.6 Å². The molecule has 0 spiro atoms. The van der Waals surface area contributed by atoms with Crippen molar-refractivity contribution in [2.75, 3.05) is 5.32 Å². The van der Waals surface area contributed by atoms with Crippen molar-refractivity contribution >= 4 is 27.3 Å². The summed E-state index contributed by atoms with van der Waals surface area (Å²) in [5, 5.41) is 16.9. The zero-order valence-corrected chi connectivity index (χ0v) is 11.7. The first-order chi connectivity index (χ1) is 9.40. The molecule has 2 rings (SSSR count). The van der Waals surface area contributed by atoms with E-state index in [0.717, 1.165) is 0 Å². The van der Waals surface area contributed by atoms with Crippen LogP contribution >= 0.6 is 11.6 Å². The third kappa shape index (κ3) is 3.30. The number of hydrogen-bond donors (Lipinski definition) is 2. The van der Waals surface area contributed by atoms with Crippen molar-refractivity contribution in [3.8, 4) is 6.07 Å². The summed E-state index contributed by atoms with van der Waals surface area (Å²) < 4.78 is 27.2. The first-order valence-corrected chi connectivity index (χ1v) is 7.37. The molecule has 0 aliphatic rings. The minimum Gasteiger partial charge on any atom is -0.446 e. The van der Waals surface area contributed by atoms with Crippen molar-refractivity contribution in [1.82, 2.24) is 0 Å². The van der Waals surface area contributed by atoms with Crippen LogP contribution in [0.1, 0.15) is 11.3 Å². The number of nitrogens with one attached hydrogen (secondary N) is 1. The molecule has 104 valence electrons. The summed E-state index contributed by atoms with van der Waals surface area (Å²) in [5.74, 6) is 0.405. The monoisotopic (exact) mass is 311 g/mol. The zero-order chi connectivity index (χ0) is 14.8. The lowest BCUT2D eigenvalue weighted by atomic mass is 10.2. The van der Waals surface area contributed by atoms with Gasteiger partial charge in [0.1, 0.15) is 11.8 Å². The van der Waals surface area contributed by atoms with E-state index in [0.29, 0.717) is 22.0 Å². The molecule has 0 aliphatic heterocycles. The maximum Gasteiger partial charge on any atom is 0.271 e. The number of nitrogens with two attached hydrogens (primary N) is 1. The molecule has 1 aromatic heterocycles. The first kappa shape index (κ1) is 14.4. The van der Waals surface area contributed by atoms with Gasteiger partial charge >= 0.3 is 0 Å². The molecule has 1 aromatic carbocycles. The van der Waals surface area contributed by atoms with Gasteiger partial charge in [0.2, 0.25) is 5.09 Å². The lowest BCUT2D eigenvalue weighted by molar-refractivity contribution is 0.419. The fraction of sp³-hybridized carbons (Fsp3) is 0.0833. The van der Waals surface area contributed by atoms with Gasteiger partial charge in [0.15, 0.2) is 0 Å². The van der Waals surface area contributed by atoms with Crippen molar-refractivity contribution in [3.63, 3.8) is 0 Å². The van der Waals surface area contributed by atoms with Gasteiger partial charge in [0, 0.05) is 5.69 Å². The fourth-order valence-corrected chi connectivity index (χ4v) is 2.16. The summed E-state index contributed by atoms with van der Waals surface area (Å²) >= 11 is 5.82. The van der Waals surface area contributed by atoms with Crippen molar-refractivity contribution in [1.29, 1.82) is 5.26 Å². The third-order valence-corrected chi connectivity index (χ3v) is 3.58. The highest BCUT2D eigenvalue weighted by Crippen LogP contribution is 2.20. The van der Waals surface area contributed by atoms with E-state index in [1.165, 1.54) is 12.1 Å². The highest BCUT2D eigenvalue weighted by molar-refractivity contribution is 7.89. The molecular weight excluding hydrogens is 302 g/mol. The van der Waals surface area contributed by atoms with Crippen LogP contribution < -0.4 is 10.5 Å². The molecule has 2 aromatic rings. The quantitative estimate of drug-likeness (QED) is 0.898. The Balaban J connectivity index is 2.10. The van der Waals surface area contributed by atoms with Gasteiger partial charge in [-0.2, -0.15) is 5.26 Å². The summed E-state index contributed by atoms with van der Waals surface area (Å²) in [5.41, 5.74) is 1.01. The van der Waals surface area contributed by atoms with Crippen LogP contribution in [0.3, 0.4) is 0 Å². The molecule has 0 fully saturated rings. The molecule has 0 saturated carbocycles. The van der Waals surface area contributed by atoms with Gasteiger partial charge in [0.05, 0.1) is 17.1 Å². The molecule has 8 heteroatoms. The lowest BCUT2D eigenvalue weighted by Gasteiger charge is -2.05. The van der Waals surface area contributed by atoms with E-state index in [2.05, 4.69) is 5.32 Å². The Morgan fingerprint density at radius 1 is 1.35 bits per heavy atom. The van der Waals surface area contributed by atoms with E-state index >= 15 is 0 Å². The molecule has 20 heavy (non-hydrogen) atoms. The molecule has 0 atom stereocenters. The second-order valence-corrected chi connectivity index (χ2v) is 5.83. The highest BCUT2D eigenvalue weighted by atomic mass is 35.5. The maximum absolute atomic E-state index is 11.1. The number of anilines is 1. The number of furan rings is 1. The Kier molecular flexibility index (Phi) is 3.99. The largest absolute Gasteiger partial charge is 0.446 e. The minimum absolute atomic E-state index is 0.252. The van der Waals surface area contributed by atoms with Gasteiger partial charge in [-0.3, -0.25) is 0 Å². The average molecular weight is 312 g/mol. The Morgan fingerprint density at radius 2 is 2.10 bits per heavy atom. The summed E-state index contributed by atoms with van der Waals surface area (Å²) in [6.45, 7) is 0.252. The van der Waals surface area contributed by atoms with Crippen LogP contribution in [-0.2, 0) is 16.6 Å². The number of nitrogens with zero attached hydrogens (tertiary/aromatic N) is 1. The average Bonchev–Trinajstić information content (AvgIpc) is 2.86. The van der Waals surface area contributed by atoms with E-state index in [1.54, 1.807) is 18.2 Å². The molecule has 1 heterocycles. The zero-order valence-electron chi connectivity index (χ0n) is 10.1. The van der Waals surface area contributed by atoms with Gasteiger partial charge in [-0.15, -0.1) is 0 Å². The lowest BCUT2D eigenvalue weighted by Crippen LogP contribution is -2.10. The standard InChI is InChI=1S/C12H10ClN3O3S/c13-11-3-1-9(5-8(11)6-14)16-7-10-2-4-12(19-10)20(15,17)18/h1-5,16H,7H2,(H2,15,17,18). The van der Waals surface area contributed by atoms with E-state index in [4.69, 9.17) is 26.4 Å². The number of halogens is 1. The van der Waals surface area contributed by atoms with Crippen molar-refractivity contribution in [2.45, 2.75) is 11.6 Å². The molecule has 0 aliphatic carbocycles. The van der Waals surface area contributed by atoms with E-state index < -0.39 is 10.0 Å². The minimum atomic E-state index is -3.84. The predicted octanol–water partition coefficient (Wildman–Crippen LogP) is 2.06. The van der Waals surface area contributed by atoms with Crippen LogP contribution in [0.15, 0.2) is 39.8 Å². The third-order valence-electron chi connectivity index (χ3n) is 2.47. The number of hydrogen-bond acceptors (Lipinski definition) is 5. The maximum atomic E-state index is 11.1. The van der Waals surface area contributed by atoms with E-state index in [-0.39, 0.29) is 11.6 Å². The summed E-state index contributed by atoms with van der Waals surface area (Å²) in [7, 11) is -3.84. The topological polar surface area (TPSA) is 109 Å². The Hall–Kier alpha value is -2.01. The molecular formula is C12H10ClN3O3S. The molecule has 0 unspecified atom stereocenters. The first-order valence-electron chi connectivity index (χ1n) is 5.45. The Morgan fingerprint density at radius 3 is 2.70 bits per heavy atom. The van der Waals surface area contributed by atoms with Gasteiger partial charge in [-0.1, -0.05) is 11.6 Å². The summed E-state index contributed by atoms with van der Waals surface area (Å²) in [6.07, 6.45) is 0. The Labute approximate surface area is 120 Å². The number of sulfonamides is 1. The number of rotatable bonds is 4. The van der Waals surface area contributed by atoms with Crippen molar-refractivity contribution in [2.24, 2.45) is 5.14 Å². The second-order valence-electron chi connectivity index (χ2n) is 3.93. The van der Waals surface area contributed by atoms with Crippen LogP contribution in [-0.4, -0.2) is 8.42 Å². The summed E-state index contributed by atoms with van der Waals surface area (Å²) in [4.78, 5) is 0. The van der Waals surface area contributed by atoms with Crippen molar-refractivity contribution < 1.29 is 12.8 Å². The molecule has 0 saturated heterocycles.